The first-order chi connectivity index (χ1) is 6.53. The monoisotopic (exact) mass is 198 g/mol. The quantitative estimate of drug-likeness (QED) is 0.744. The van der Waals surface area contributed by atoms with E-state index in [4.69, 9.17) is 5.73 Å². The van der Waals surface area contributed by atoms with Crippen molar-refractivity contribution in [2.75, 3.05) is 13.1 Å². The lowest BCUT2D eigenvalue weighted by molar-refractivity contribution is -0.140. The topological polar surface area (TPSA) is 46.3 Å². The van der Waals surface area contributed by atoms with Crippen LogP contribution in [0.15, 0.2) is 0 Å². The molecule has 1 heterocycles. The Morgan fingerprint density at radius 3 is 2.71 bits per heavy atom. The number of carbonyl (C=O) groups is 1. The molecule has 3 nitrogen and oxygen atoms in total. The molecule has 0 saturated carbocycles. The fourth-order valence-electron chi connectivity index (χ4n) is 2.00. The summed E-state index contributed by atoms with van der Waals surface area (Å²) >= 11 is 0. The van der Waals surface area contributed by atoms with E-state index >= 15 is 0 Å². The maximum atomic E-state index is 12.1. The van der Waals surface area contributed by atoms with Gasteiger partial charge in [-0.2, -0.15) is 0 Å². The van der Waals surface area contributed by atoms with Crippen molar-refractivity contribution in [3.05, 3.63) is 0 Å². The molecule has 1 fully saturated rings. The minimum Gasteiger partial charge on any atom is -0.339 e. The molecule has 14 heavy (non-hydrogen) atoms. The SMILES string of the molecule is CCC1CCCN1C(=O)C(C)(C)CN. The number of hydrogen-bond donors (Lipinski definition) is 1. The predicted molar refractivity (Wildman–Crippen MR) is 57.9 cm³/mol. The predicted octanol–water partition coefficient (Wildman–Crippen LogP) is 1.37. The smallest absolute Gasteiger partial charge is 0.229 e. The van der Waals surface area contributed by atoms with Crippen LogP contribution in [0.1, 0.15) is 40.0 Å². The lowest BCUT2D eigenvalue weighted by Gasteiger charge is -2.32. The normalized spacial score (nSPS) is 22.9. The second kappa shape index (κ2) is 4.30. The van der Waals surface area contributed by atoms with Crippen LogP contribution in [0.25, 0.3) is 0 Å². The third-order valence-electron chi connectivity index (χ3n) is 3.20. The number of carbonyl (C=O) groups excluding carboxylic acids is 1. The summed E-state index contributed by atoms with van der Waals surface area (Å²) in [6.45, 7) is 7.35. The average molecular weight is 198 g/mol. The van der Waals surface area contributed by atoms with Crippen LogP contribution in [0.4, 0.5) is 0 Å². The Hall–Kier alpha value is -0.570. The zero-order chi connectivity index (χ0) is 10.8. The van der Waals surface area contributed by atoms with Crippen molar-refractivity contribution in [2.24, 2.45) is 11.1 Å². The first-order valence-electron chi connectivity index (χ1n) is 5.54. The van der Waals surface area contributed by atoms with Crippen LogP contribution in [0.2, 0.25) is 0 Å². The molecule has 1 rings (SSSR count). The molecule has 0 aliphatic carbocycles. The van der Waals surface area contributed by atoms with Crippen molar-refractivity contribution in [3.63, 3.8) is 0 Å². The molecular weight excluding hydrogens is 176 g/mol. The molecule has 1 unspecified atom stereocenters. The Labute approximate surface area is 86.6 Å². The lowest BCUT2D eigenvalue weighted by atomic mass is 9.91. The number of rotatable bonds is 3. The molecule has 1 aliphatic rings. The highest BCUT2D eigenvalue weighted by Crippen LogP contribution is 2.26. The Kier molecular flexibility index (Phi) is 3.53. The summed E-state index contributed by atoms with van der Waals surface area (Å²) in [4.78, 5) is 14.1. The molecule has 0 spiro atoms. The molecule has 82 valence electrons. The third kappa shape index (κ3) is 2.08. The van der Waals surface area contributed by atoms with Gasteiger partial charge in [-0.25, -0.2) is 0 Å². The summed E-state index contributed by atoms with van der Waals surface area (Å²) in [7, 11) is 0. The van der Waals surface area contributed by atoms with Gasteiger partial charge in [0.1, 0.15) is 0 Å². The van der Waals surface area contributed by atoms with E-state index in [2.05, 4.69) is 6.92 Å². The minimum atomic E-state index is -0.391. The van der Waals surface area contributed by atoms with Crippen LogP contribution in [0.5, 0.6) is 0 Å². The molecule has 1 aliphatic heterocycles. The number of hydrogen-bond acceptors (Lipinski definition) is 2. The van der Waals surface area contributed by atoms with Gasteiger partial charge in [-0.3, -0.25) is 4.79 Å². The average Bonchev–Trinajstić information content (AvgIpc) is 2.64. The van der Waals surface area contributed by atoms with Crippen LogP contribution in [-0.4, -0.2) is 29.9 Å². The molecule has 0 bridgehead atoms. The number of likely N-dealkylation sites (tertiary alicyclic amines) is 1. The zero-order valence-corrected chi connectivity index (χ0v) is 9.55. The van der Waals surface area contributed by atoms with E-state index in [9.17, 15) is 4.79 Å². The summed E-state index contributed by atoms with van der Waals surface area (Å²) in [6, 6.07) is 0.452. The number of amides is 1. The highest BCUT2D eigenvalue weighted by molar-refractivity contribution is 5.82. The van der Waals surface area contributed by atoms with Gasteiger partial charge in [0, 0.05) is 19.1 Å². The molecule has 0 aromatic heterocycles. The van der Waals surface area contributed by atoms with E-state index in [0.29, 0.717) is 12.6 Å². The van der Waals surface area contributed by atoms with E-state index in [-0.39, 0.29) is 5.91 Å². The van der Waals surface area contributed by atoms with Gasteiger partial charge >= 0.3 is 0 Å². The van der Waals surface area contributed by atoms with Gasteiger partial charge in [-0.15, -0.1) is 0 Å². The first-order valence-corrected chi connectivity index (χ1v) is 5.54. The second-order valence-electron chi connectivity index (χ2n) is 4.79. The molecule has 3 heteroatoms. The summed E-state index contributed by atoms with van der Waals surface area (Å²) in [5.74, 6) is 0.226. The van der Waals surface area contributed by atoms with Crippen molar-refractivity contribution in [3.8, 4) is 0 Å². The maximum absolute atomic E-state index is 12.1. The molecule has 1 saturated heterocycles. The van der Waals surface area contributed by atoms with Crippen molar-refractivity contribution in [1.82, 2.24) is 4.90 Å². The molecule has 1 atom stereocenters. The molecule has 0 aromatic rings. The van der Waals surface area contributed by atoms with Gasteiger partial charge in [0.05, 0.1) is 5.41 Å². The fraction of sp³-hybridized carbons (Fsp3) is 0.909. The Balaban J connectivity index is 2.69. The van der Waals surface area contributed by atoms with Crippen LogP contribution in [0.3, 0.4) is 0 Å². The third-order valence-corrected chi connectivity index (χ3v) is 3.20. The highest BCUT2D eigenvalue weighted by atomic mass is 16.2. The van der Waals surface area contributed by atoms with E-state index in [1.807, 2.05) is 18.7 Å². The van der Waals surface area contributed by atoms with Crippen molar-refractivity contribution in [1.29, 1.82) is 0 Å². The maximum Gasteiger partial charge on any atom is 0.229 e. The van der Waals surface area contributed by atoms with E-state index in [1.54, 1.807) is 0 Å². The summed E-state index contributed by atoms with van der Waals surface area (Å²) in [5, 5.41) is 0. The van der Waals surface area contributed by atoms with Crippen LogP contribution >= 0.6 is 0 Å². The summed E-state index contributed by atoms with van der Waals surface area (Å²) < 4.78 is 0. The van der Waals surface area contributed by atoms with Gasteiger partial charge in [-0.05, 0) is 33.1 Å². The second-order valence-corrected chi connectivity index (χ2v) is 4.79. The van der Waals surface area contributed by atoms with Crippen molar-refractivity contribution in [2.45, 2.75) is 46.1 Å². The summed E-state index contributed by atoms with van der Waals surface area (Å²) in [5.41, 5.74) is 5.22. The fourth-order valence-corrected chi connectivity index (χ4v) is 2.00. The Morgan fingerprint density at radius 2 is 2.21 bits per heavy atom. The van der Waals surface area contributed by atoms with E-state index in [0.717, 1.165) is 25.8 Å². The van der Waals surface area contributed by atoms with Gasteiger partial charge in [0.2, 0.25) is 5.91 Å². The Morgan fingerprint density at radius 1 is 1.57 bits per heavy atom. The molecule has 0 radical (unpaired) electrons. The number of nitrogens with two attached hydrogens (primary N) is 1. The van der Waals surface area contributed by atoms with Gasteiger partial charge < -0.3 is 10.6 Å². The molecule has 2 N–H and O–H groups in total. The Bertz CT molecular complexity index is 213. The summed E-state index contributed by atoms with van der Waals surface area (Å²) in [6.07, 6.45) is 3.36. The van der Waals surface area contributed by atoms with E-state index < -0.39 is 5.41 Å². The first kappa shape index (κ1) is 11.5. The lowest BCUT2D eigenvalue weighted by Crippen LogP contribution is -2.46. The van der Waals surface area contributed by atoms with Crippen LogP contribution in [0, 0.1) is 5.41 Å². The number of nitrogens with zero attached hydrogens (tertiary/aromatic N) is 1. The van der Waals surface area contributed by atoms with Gasteiger partial charge in [-0.1, -0.05) is 6.92 Å². The standard InChI is InChI=1S/C11H22N2O/c1-4-9-6-5-7-13(9)10(14)11(2,3)8-12/h9H,4-8,12H2,1-3H3. The van der Waals surface area contributed by atoms with Crippen LogP contribution in [-0.2, 0) is 4.79 Å². The van der Waals surface area contributed by atoms with Gasteiger partial charge in [0.25, 0.3) is 0 Å². The highest BCUT2D eigenvalue weighted by Gasteiger charge is 2.35. The van der Waals surface area contributed by atoms with E-state index in [1.165, 1.54) is 0 Å². The van der Waals surface area contributed by atoms with Crippen molar-refractivity contribution < 1.29 is 4.79 Å². The molecular formula is C11H22N2O. The molecule has 1 amide bonds. The minimum absolute atomic E-state index is 0.226. The van der Waals surface area contributed by atoms with Crippen LogP contribution < -0.4 is 5.73 Å². The largest absolute Gasteiger partial charge is 0.339 e. The van der Waals surface area contributed by atoms with Crippen molar-refractivity contribution >= 4 is 5.91 Å². The molecule has 0 aromatic carbocycles. The zero-order valence-electron chi connectivity index (χ0n) is 9.55. The van der Waals surface area contributed by atoms with Gasteiger partial charge in [0.15, 0.2) is 0 Å².